The molecule has 18 heavy (non-hydrogen) atoms. The van der Waals surface area contributed by atoms with E-state index in [1.165, 1.54) is 12.1 Å². The number of nitrogens with zero attached hydrogens (tertiary/aromatic N) is 1. The summed E-state index contributed by atoms with van der Waals surface area (Å²) in [5, 5.41) is 2.55. The second-order valence-corrected chi connectivity index (χ2v) is 4.98. The van der Waals surface area contributed by atoms with Crippen molar-refractivity contribution in [3.63, 3.8) is 0 Å². The lowest BCUT2D eigenvalue weighted by atomic mass is 10.1. The van der Waals surface area contributed by atoms with Gasteiger partial charge in [-0.2, -0.15) is 0 Å². The molecule has 1 aliphatic heterocycles. The first-order chi connectivity index (χ1) is 8.54. The van der Waals surface area contributed by atoms with Gasteiger partial charge in [-0.3, -0.25) is 4.79 Å². The van der Waals surface area contributed by atoms with Crippen LogP contribution in [0.2, 0.25) is 0 Å². The van der Waals surface area contributed by atoms with E-state index in [-0.39, 0.29) is 5.69 Å². The molecular formula is C12H12BrFN2O2. The van der Waals surface area contributed by atoms with Gasteiger partial charge in [0, 0.05) is 4.47 Å². The summed E-state index contributed by atoms with van der Waals surface area (Å²) in [4.78, 5) is 24.6. The molecule has 1 unspecified atom stereocenters. The number of benzene rings is 1. The fourth-order valence-electron chi connectivity index (χ4n) is 1.91. The van der Waals surface area contributed by atoms with Crippen LogP contribution in [0.1, 0.15) is 19.8 Å². The van der Waals surface area contributed by atoms with Crippen LogP contribution in [0.25, 0.3) is 0 Å². The summed E-state index contributed by atoms with van der Waals surface area (Å²) >= 11 is 3.13. The van der Waals surface area contributed by atoms with Gasteiger partial charge in [0.15, 0.2) is 0 Å². The Balaban J connectivity index is 2.33. The topological polar surface area (TPSA) is 49.4 Å². The number of carbonyl (C=O) groups excluding carboxylic acids is 2. The Kier molecular flexibility index (Phi) is 3.65. The van der Waals surface area contributed by atoms with Crippen molar-refractivity contribution in [2.75, 3.05) is 4.90 Å². The highest BCUT2D eigenvalue weighted by Crippen LogP contribution is 2.26. The molecule has 1 aliphatic rings. The second-order valence-electron chi connectivity index (χ2n) is 4.06. The molecule has 1 atom stereocenters. The maximum Gasteiger partial charge on any atom is 0.329 e. The quantitative estimate of drug-likeness (QED) is 0.872. The van der Waals surface area contributed by atoms with E-state index in [0.717, 1.165) is 11.3 Å². The fraction of sp³-hybridized carbons (Fsp3) is 0.333. The predicted molar refractivity (Wildman–Crippen MR) is 68.8 cm³/mol. The third-order valence-electron chi connectivity index (χ3n) is 2.75. The Hall–Kier alpha value is -1.43. The molecule has 4 nitrogen and oxygen atoms in total. The van der Waals surface area contributed by atoms with Crippen LogP contribution in [0.15, 0.2) is 22.7 Å². The summed E-state index contributed by atoms with van der Waals surface area (Å²) in [5.74, 6) is -1.01. The molecule has 1 aromatic rings. The number of halogens is 2. The van der Waals surface area contributed by atoms with E-state index < -0.39 is 23.8 Å². The van der Waals surface area contributed by atoms with Crippen LogP contribution in [-0.2, 0) is 4.79 Å². The van der Waals surface area contributed by atoms with E-state index in [1.54, 1.807) is 6.07 Å². The van der Waals surface area contributed by atoms with Gasteiger partial charge >= 0.3 is 6.03 Å². The Morgan fingerprint density at radius 1 is 1.44 bits per heavy atom. The number of imide groups is 1. The lowest BCUT2D eigenvalue weighted by Gasteiger charge is -2.13. The molecule has 6 heteroatoms. The van der Waals surface area contributed by atoms with Gasteiger partial charge in [0.05, 0.1) is 5.69 Å². The zero-order valence-electron chi connectivity index (χ0n) is 9.74. The monoisotopic (exact) mass is 314 g/mol. The molecule has 96 valence electrons. The van der Waals surface area contributed by atoms with E-state index in [9.17, 15) is 14.0 Å². The number of nitrogens with one attached hydrogen (secondary N) is 1. The van der Waals surface area contributed by atoms with E-state index in [2.05, 4.69) is 21.2 Å². The Morgan fingerprint density at radius 3 is 2.78 bits per heavy atom. The summed E-state index contributed by atoms with van der Waals surface area (Å²) in [6.45, 7) is 1.92. The molecule has 0 radical (unpaired) electrons. The molecule has 0 saturated carbocycles. The zero-order chi connectivity index (χ0) is 13.3. The Bertz CT molecular complexity index is 507. The summed E-state index contributed by atoms with van der Waals surface area (Å²) in [5.41, 5.74) is -0.0145. The first-order valence-corrected chi connectivity index (χ1v) is 6.43. The molecule has 1 N–H and O–H groups in total. The largest absolute Gasteiger partial charge is 0.329 e. The Morgan fingerprint density at radius 2 is 2.17 bits per heavy atom. The number of anilines is 1. The van der Waals surface area contributed by atoms with Crippen LogP contribution >= 0.6 is 15.9 Å². The van der Waals surface area contributed by atoms with E-state index in [4.69, 9.17) is 0 Å². The Labute approximate surface area is 112 Å². The number of amides is 3. The molecule has 0 aliphatic carbocycles. The van der Waals surface area contributed by atoms with Crippen molar-refractivity contribution in [1.29, 1.82) is 0 Å². The highest BCUT2D eigenvalue weighted by atomic mass is 79.9. The van der Waals surface area contributed by atoms with Gasteiger partial charge in [-0.25, -0.2) is 14.1 Å². The van der Waals surface area contributed by atoms with Gasteiger partial charge < -0.3 is 5.32 Å². The van der Waals surface area contributed by atoms with Crippen molar-refractivity contribution in [3.8, 4) is 0 Å². The van der Waals surface area contributed by atoms with Crippen molar-refractivity contribution in [2.24, 2.45) is 0 Å². The van der Waals surface area contributed by atoms with Crippen molar-refractivity contribution < 1.29 is 14.0 Å². The van der Waals surface area contributed by atoms with E-state index in [1.807, 2.05) is 6.92 Å². The molecule has 0 aromatic heterocycles. The molecule has 3 amide bonds. The molecule has 2 rings (SSSR count). The highest BCUT2D eigenvalue weighted by Gasteiger charge is 2.39. The lowest BCUT2D eigenvalue weighted by Crippen LogP contribution is -2.32. The molecule has 0 spiro atoms. The number of hydrogen-bond donors (Lipinski definition) is 1. The second kappa shape index (κ2) is 5.06. The van der Waals surface area contributed by atoms with Crippen LogP contribution in [0, 0.1) is 5.82 Å². The molecular weight excluding hydrogens is 303 g/mol. The number of urea groups is 1. The van der Waals surface area contributed by atoms with Crippen LogP contribution < -0.4 is 10.2 Å². The zero-order valence-corrected chi connectivity index (χ0v) is 11.3. The molecule has 1 saturated heterocycles. The summed E-state index contributed by atoms with van der Waals surface area (Å²) in [6.07, 6.45) is 1.33. The third kappa shape index (κ3) is 2.25. The van der Waals surface area contributed by atoms with E-state index >= 15 is 0 Å². The predicted octanol–water partition coefficient (Wildman–Crippen LogP) is 2.81. The van der Waals surface area contributed by atoms with Crippen LogP contribution in [0.3, 0.4) is 0 Å². The van der Waals surface area contributed by atoms with Gasteiger partial charge in [0.2, 0.25) is 0 Å². The third-order valence-corrected chi connectivity index (χ3v) is 3.24. The van der Waals surface area contributed by atoms with E-state index in [0.29, 0.717) is 10.9 Å². The van der Waals surface area contributed by atoms with Crippen molar-refractivity contribution in [2.45, 2.75) is 25.8 Å². The standard InChI is InChI=1S/C12H12BrFN2O2/c1-2-3-9-11(17)16(12(18)15-9)10-5-4-7(13)6-8(10)14/h4-6,9H,2-3H2,1H3,(H,15,18). The van der Waals surface area contributed by atoms with Gasteiger partial charge in [-0.1, -0.05) is 29.3 Å². The normalized spacial score (nSPS) is 19.3. The minimum atomic E-state index is -0.606. The van der Waals surface area contributed by atoms with Gasteiger partial charge in [-0.05, 0) is 24.6 Å². The first-order valence-electron chi connectivity index (χ1n) is 5.64. The minimum Gasteiger partial charge on any atom is -0.325 e. The number of carbonyl (C=O) groups is 2. The average Bonchev–Trinajstić information content (AvgIpc) is 2.56. The van der Waals surface area contributed by atoms with Gasteiger partial charge in [-0.15, -0.1) is 0 Å². The molecule has 1 fully saturated rings. The minimum absolute atomic E-state index is 0.0145. The number of rotatable bonds is 3. The van der Waals surface area contributed by atoms with Gasteiger partial charge in [0.1, 0.15) is 11.9 Å². The van der Waals surface area contributed by atoms with Crippen LogP contribution in [0.5, 0.6) is 0 Å². The van der Waals surface area contributed by atoms with Crippen molar-refractivity contribution >= 4 is 33.6 Å². The molecule has 1 heterocycles. The SMILES string of the molecule is CCCC1NC(=O)N(c2ccc(Br)cc2F)C1=O. The maximum absolute atomic E-state index is 13.8. The van der Waals surface area contributed by atoms with Crippen molar-refractivity contribution in [1.82, 2.24) is 5.32 Å². The van der Waals surface area contributed by atoms with Crippen molar-refractivity contribution in [3.05, 3.63) is 28.5 Å². The van der Waals surface area contributed by atoms with Gasteiger partial charge in [0.25, 0.3) is 5.91 Å². The molecule has 0 bridgehead atoms. The summed E-state index contributed by atoms with van der Waals surface area (Å²) in [6, 6.07) is 3.10. The smallest absolute Gasteiger partial charge is 0.325 e. The molecule has 1 aromatic carbocycles. The fourth-order valence-corrected chi connectivity index (χ4v) is 2.24. The lowest BCUT2D eigenvalue weighted by molar-refractivity contribution is -0.118. The highest BCUT2D eigenvalue weighted by molar-refractivity contribution is 9.10. The average molecular weight is 315 g/mol. The first kappa shape index (κ1) is 13.0. The summed E-state index contributed by atoms with van der Waals surface area (Å²) < 4.78 is 14.3. The summed E-state index contributed by atoms with van der Waals surface area (Å²) in [7, 11) is 0. The van der Waals surface area contributed by atoms with Crippen LogP contribution in [-0.4, -0.2) is 18.0 Å². The number of hydrogen-bond acceptors (Lipinski definition) is 2. The van der Waals surface area contributed by atoms with Crippen LogP contribution in [0.4, 0.5) is 14.9 Å². The maximum atomic E-state index is 13.8.